The van der Waals surface area contributed by atoms with E-state index in [0.29, 0.717) is 11.1 Å². The summed E-state index contributed by atoms with van der Waals surface area (Å²) in [5.74, 6) is -10.7. The molecule has 0 aromatic heterocycles. The first-order valence-corrected chi connectivity index (χ1v) is 21.0. The maximum Gasteiger partial charge on any atom is 0.338 e. The number of Topliss-reactive ketones (excluding diaryl/α,β-unsaturated/α-hetero) is 2. The molecule has 16 nitrogen and oxygen atoms in total. The van der Waals surface area contributed by atoms with Crippen LogP contribution in [0.3, 0.4) is 0 Å². The molecule has 2 aromatic rings. The number of esters is 4. The lowest BCUT2D eigenvalue weighted by Gasteiger charge is -2.68. The molecule has 16 heteroatoms. The number of ether oxygens (including phenoxy) is 5. The van der Waals surface area contributed by atoms with Gasteiger partial charge in [-0.2, -0.15) is 5.26 Å². The number of ketones is 2. The largest absolute Gasteiger partial charge is 0.461 e. The number of carbonyl (C=O) groups excluding carboxylic acids is 7. The van der Waals surface area contributed by atoms with Crippen molar-refractivity contribution in [3.05, 3.63) is 82.9 Å². The van der Waals surface area contributed by atoms with Crippen LogP contribution < -0.4 is 5.32 Å². The predicted octanol–water partition coefficient (Wildman–Crippen LogP) is 3.79. The predicted molar refractivity (Wildman–Crippen MR) is 220 cm³/mol. The average molecular weight is 871 g/mol. The summed E-state index contributed by atoms with van der Waals surface area (Å²) in [5.41, 5.74) is -7.49. The van der Waals surface area contributed by atoms with Crippen molar-refractivity contribution in [3.8, 4) is 6.07 Å². The highest BCUT2D eigenvalue weighted by molar-refractivity contribution is 6.40. The van der Waals surface area contributed by atoms with Crippen molar-refractivity contribution in [3.63, 3.8) is 0 Å². The standard InChI is InChI=1S/C47H54N2O14/c1-9-24(3)41(55)49-35(28-16-12-11-13-17-28)37(53)43(57)60-30-21-47(58)40(62-42(56)29-18-14-15-27(19-29)22-48)38-45(8,39(54)36(52)34(25(30)4)44(47,6)7)31(61-33(51)10-2)20-32-46(38,23-59-32)63-26(5)50/h9,11-19,25,30-32,34-35,37-38,40,53,58H,10,20-21,23H2,1-8H3,(H,49,55)/t25?,30-,31-,32+,34?,35-,37+,38?,40-,45+,46-,47+/m0/s1. The van der Waals surface area contributed by atoms with Crippen molar-refractivity contribution in [1.82, 2.24) is 5.32 Å². The minimum Gasteiger partial charge on any atom is -0.461 e. The molecule has 0 radical (unpaired) electrons. The number of aliphatic hydroxyl groups is 2. The normalized spacial score (nSPS) is 32.9. The number of allylic oxidation sites excluding steroid dienone is 1. The van der Waals surface area contributed by atoms with Gasteiger partial charge in [0.05, 0.1) is 41.2 Å². The van der Waals surface area contributed by atoms with Crippen molar-refractivity contribution in [2.24, 2.45) is 28.6 Å². The minimum atomic E-state index is -2.45. The van der Waals surface area contributed by atoms with Gasteiger partial charge < -0.3 is 39.2 Å². The van der Waals surface area contributed by atoms with Crippen LogP contribution in [0.25, 0.3) is 0 Å². The number of nitrogens with one attached hydrogen (secondary N) is 1. The molecule has 0 spiro atoms. The molecule has 2 bridgehead atoms. The Morgan fingerprint density at radius 1 is 1.02 bits per heavy atom. The van der Waals surface area contributed by atoms with Crippen LogP contribution in [0, 0.1) is 39.9 Å². The SMILES string of the molecule is CC=C(C)C(=O)N[C@@H](c1ccccc1)[C@@H](O)C(=O)O[C@H]1C[C@@]2(O)[C@@H](OC(=O)c3cccc(C#N)c3)C3[C@](C)(C(=O)C(=O)C(C1C)C2(C)C)[C@@H](OC(=O)CC)C[C@H]1OC[C@@]31OC(C)=O. The molecule has 3 aliphatic carbocycles. The zero-order valence-corrected chi connectivity index (χ0v) is 36.5. The van der Waals surface area contributed by atoms with E-state index in [-0.39, 0.29) is 30.6 Å². The molecule has 2 aromatic carbocycles. The van der Waals surface area contributed by atoms with Crippen molar-refractivity contribution in [1.29, 1.82) is 5.26 Å². The second-order valence-corrected chi connectivity index (χ2v) is 17.8. The van der Waals surface area contributed by atoms with Gasteiger partial charge in [-0.15, -0.1) is 0 Å². The highest BCUT2D eigenvalue weighted by atomic mass is 16.6. The molecule has 1 heterocycles. The summed E-state index contributed by atoms with van der Waals surface area (Å²) in [5, 5.41) is 37.7. The number of rotatable bonds is 11. The van der Waals surface area contributed by atoms with Crippen LogP contribution in [0.2, 0.25) is 0 Å². The van der Waals surface area contributed by atoms with Crippen LogP contribution in [0.5, 0.6) is 0 Å². The van der Waals surface area contributed by atoms with E-state index in [1.54, 1.807) is 57.2 Å². The second kappa shape index (κ2) is 17.4. The number of benzene rings is 2. The minimum absolute atomic E-state index is 0.0998. The van der Waals surface area contributed by atoms with Crippen molar-refractivity contribution in [2.75, 3.05) is 6.61 Å². The maximum absolute atomic E-state index is 15.4. The van der Waals surface area contributed by atoms with E-state index in [1.165, 1.54) is 52.0 Å². The molecule has 4 fully saturated rings. The second-order valence-electron chi connectivity index (χ2n) is 17.8. The van der Waals surface area contributed by atoms with Gasteiger partial charge in [-0.1, -0.05) is 70.2 Å². The number of nitriles is 1. The van der Waals surface area contributed by atoms with Gasteiger partial charge in [-0.05, 0) is 44.5 Å². The Balaban J connectivity index is 1.53. The number of fused-ring (bicyclic) bond motifs is 5. The molecule has 3 saturated carbocycles. The van der Waals surface area contributed by atoms with Crippen molar-refractivity contribution < 1.29 is 67.5 Å². The third-order valence-electron chi connectivity index (χ3n) is 14.0. The smallest absolute Gasteiger partial charge is 0.338 e. The molecule has 1 saturated heterocycles. The lowest BCUT2D eigenvalue weighted by atomic mass is 9.42. The number of hydrogen-bond donors (Lipinski definition) is 3. The summed E-state index contributed by atoms with van der Waals surface area (Å²) >= 11 is 0. The van der Waals surface area contributed by atoms with E-state index in [4.69, 9.17) is 23.7 Å². The van der Waals surface area contributed by atoms with Gasteiger partial charge in [0.1, 0.15) is 30.0 Å². The Kier molecular flexibility index (Phi) is 12.9. The lowest BCUT2D eigenvalue weighted by Crippen LogP contribution is -2.83. The van der Waals surface area contributed by atoms with Crippen LogP contribution in [-0.4, -0.2) is 99.9 Å². The summed E-state index contributed by atoms with van der Waals surface area (Å²) in [4.78, 5) is 98.4. The van der Waals surface area contributed by atoms with Crippen LogP contribution in [0.15, 0.2) is 66.2 Å². The Labute approximate surface area is 365 Å². The summed E-state index contributed by atoms with van der Waals surface area (Å²) in [7, 11) is 0. The monoisotopic (exact) mass is 870 g/mol. The Bertz CT molecular complexity index is 2270. The van der Waals surface area contributed by atoms with Crippen LogP contribution in [0.1, 0.15) is 102 Å². The van der Waals surface area contributed by atoms with Crippen LogP contribution >= 0.6 is 0 Å². The summed E-state index contributed by atoms with van der Waals surface area (Å²) < 4.78 is 30.4. The van der Waals surface area contributed by atoms with E-state index in [1.807, 2.05) is 6.07 Å². The van der Waals surface area contributed by atoms with E-state index < -0.39 is 124 Å². The van der Waals surface area contributed by atoms with Crippen molar-refractivity contribution >= 4 is 41.4 Å². The fourth-order valence-electron chi connectivity index (χ4n) is 10.4. The van der Waals surface area contributed by atoms with Crippen molar-refractivity contribution in [2.45, 2.75) is 122 Å². The topological polar surface area (TPSA) is 242 Å². The lowest BCUT2D eigenvalue weighted by molar-refractivity contribution is -0.350. The highest BCUT2D eigenvalue weighted by Crippen LogP contribution is 2.65. The molecule has 3 unspecified atom stereocenters. The third kappa shape index (κ3) is 7.84. The zero-order valence-electron chi connectivity index (χ0n) is 36.5. The molecule has 63 heavy (non-hydrogen) atoms. The molecule has 1 amide bonds. The molecule has 12 atom stereocenters. The number of amides is 1. The average Bonchev–Trinajstić information content (AvgIpc) is 3.25. The zero-order chi connectivity index (χ0) is 46.4. The molecule has 6 rings (SSSR count). The first-order valence-electron chi connectivity index (χ1n) is 21.0. The number of nitrogens with zero attached hydrogens (tertiary/aromatic N) is 1. The quantitative estimate of drug-likeness (QED) is 0.126. The van der Waals surface area contributed by atoms with Gasteiger partial charge in [-0.25, -0.2) is 9.59 Å². The first kappa shape index (κ1) is 46.7. The van der Waals surface area contributed by atoms with Gasteiger partial charge in [-0.3, -0.25) is 24.0 Å². The molecular formula is C47H54N2O14. The number of carbonyl (C=O) groups is 7. The van der Waals surface area contributed by atoms with E-state index in [9.17, 15) is 39.4 Å². The Morgan fingerprint density at radius 3 is 2.29 bits per heavy atom. The molecule has 336 valence electrons. The molecule has 1 aliphatic heterocycles. The number of aliphatic hydroxyl groups excluding tert-OH is 1. The van der Waals surface area contributed by atoms with Gasteiger partial charge in [0.25, 0.3) is 0 Å². The third-order valence-corrected chi connectivity index (χ3v) is 14.0. The Hall–Kier alpha value is -5.76. The molecular weight excluding hydrogens is 817 g/mol. The van der Waals surface area contributed by atoms with Gasteiger partial charge in [0, 0.05) is 49.0 Å². The fourth-order valence-corrected chi connectivity index (χ4v) is 10.4. The first-order chi connectivity index (χ1) is 29.6. The number of hydrogen-bond acceptors (Lipinski definition) is 15. The molecule has 3 N–H and O–H groups in total. The van der Waals surface area contributed by atoms with Gasteiger partial charge >= 0.3 is 23.9 Å². The highest BCUT2D eigenvalue weighted by Gasteiger charge is 2.80. The van der Waals surface area contributed by atoms with E-state index in [0.717, 1.165) is 6.92 Å². The fraction of sp³-hybridized carbons (Fsp3) is 0.532. The molecule has 4 aliphatic rings. The van der Waals surface area contributed by atoms with Gasteiger partial charge in [0.15, 0.2) is 11.7 Å². The maximum atomic E-state index is 15.4. The Morgan fingerprint density at radius 2 is 1.70 bits per heavy atom. The van der Waals surface area contributed by atoms with E-state index in [2.05, 4.69) is 5.32 Å². The van der Waals surface area contributed by atoms with Crippen LogP contribution in [0.4, 0.5) is 0 Å². The van der Waals surface area contributed by atoms with Crippen LogP contribution in [-0.2, 0) is 52.5 Å². The summed E-state index contributed by atoms with van der Waals surface area (Å²) in [6.07, 6.45) is -7.23. The van der Waals surface area contributed by atoms with E-state index >= 15 is 9.59 Å². The van der Waals surface area contributed by atoms with Gasteiger partial charge in [0.2, 0.25) is 17.5 Å². The summed E-state index contributed by atoms with van der Waals surface area (Å²) in [6, 6.07) is 14.4. The summed E-state index contributed by atoms with van der Waals surface area (Å²) in [6.45, 7) is 11.4.